The van der Waals surface area contributed by atoms with E-state index in [-0.39, 0.29) is 17.3 Å². The van der Waals surface area contributed by atoms with Crippen LogP contribution in [0, 0.1) is 0 Å². The number of hydrogen-bond donors (Lipinski definition) is 1. The van der Waals surface area contributed by atoms with Crippen LogP contribution in [0.3, 0.4) is 0 Å². The zero-order valence-corrected chi connectivity index (χ0v) is 15.1. The van der Waals surface area contributed by atoms with Crippen molar-refractivity contribution in [3.63, 3.8) is 0 Å². The molecule has 0 radical (unpaired) electrons. The van der Waals surface area contributed by atoms with Crippen molar-refractivity contribution in [1.82, 2.24) is 15.1 Å². The molecule has 3 amide bonds. The summed E-state index contributed by atoms with van der Waals surface area (Å²) in [7, 11) is 0. The Kier molecular flexibility index (Phi) is 4.74. The minimum Gasteiger partial charge on any atom is -0.372 e. The van der Waals surface area contributed by atoms with Crippen molar-refractivity contribution < 1.29 is 9.59 Å². The van der Waals surface area contributed by atoms with Gasteiger partial charge in [0.2, 0.25) is 5.91 Å². The fourth-order valence-electron chi connectivity index (χ4n) is 3.75. The molecule has 0 aliphatic carbocycles. The Bertz CT molecular complexity index is 645. The van der Waals surface area contributed by atoms with Crippen LogP contribution in [0.15, 0.2) is 24.3 Å². The van der Waals surface area contributed by atoms with Crippen molar-refractivity contribution in [3.8, 4) is 0 Å². The van der Waals surface area contributed by atoms with Crippen molar-refractivity contribution in [2.45, 2.75) is 18.2 Å². The summed E-state index contributed by atoms with van der Waals surface area (Å²) < 4.78 is 0. The average Bonchev–Trinajstić information content (AvgIpc) is 3.36. The molecule has 0 bridgehead atoms. The lowest BCUT2D eigenvalue weighted by atomic mass is 10.1. The van der Waals surface area contributed by atoms with E-state index in [4.69, 9.17) is 0 Å². The molecule has 1 unspecified atom stereocenters. The van der Waals surface area contributed by atoms with E-state index in [0.29, 0.717) is 25.4 Å². The molecule has 1 aromatic rings. The normalized spacial score (nSPS) is 23.7. The lowest BCUT2D eigenvalue weighted by Gasteiger charge is -2.27. The third-order valence-corrected chi connectivity index (χ3v) is 6.43. The van der Waals surface area contributed by atoms with Crippen LogP contribution >= 0.6 is 11.8 Å². The largest absolute Gasteiger partial charge is 0.372 e. The quantitative estimate of drug-likeness (QED) is 0.871. The highest BCUT2D eigenvalue weighted by Crippen LogP contribution is 2.39. The molecule has 3 aliphatic heterocycles. The minimum absolute atomic E-state index is 0.0224. The Labute approximate surface area is 152 Å². The molecule has 1 aromatic carbocycles. The number of benzene rings is 1. The van der Waals surface area contributed by atoms with Crippen molar-refractivity contribution in [2.75, 3.05) is 49.9 Å². The number of anilines is 1. The second-order valence-electron chi connectivity index (χ2n) is 6.76. The fourth-order valence-corrected chi connectivity index (χ4v) is 4.97. The summed E-state index contributed by atoms with van der Waals surface area (Å²) in [6.45, 7) is 4.89. The van der Waals surface area contributed by atoms with Gasteiger partial charge in [0.25, 0.3) is 0 Å². The molecular weight excluding hydrogens is 336 g/mol. The molecule has 0 saturated carbocycles. The van der Waals surface area contributed by atoms with Gasteiger partial charge in [0.1, 0.15) is 5.37 Å². The van der Waals surface area contributed by atoms with Crippen molar-refractivity contribution in [1.29, 1.82) is 0 Å². The molecule has 3 aliphatic rings. The summed E-state index contributed by atoms with van der Waals surface area (Å²) in [5.41, 5.74) is 2.44. The smallest absolute Gasteiger partial charge is 0.317 e. The molecule has 134 valence electrons. The Balaban J connectivity index is 1.42. The van der Waals surface area contributed by atoms with Gasteiger partial charge in [0.05, 0.1) is 5.75 Å². The summed E-state index contributed by atoms with van der Waals surface area (Å²) in [6.07, 6.45) is 2.54. The highest BCUT2D eigenvalue weighted by molar-refractivity contribution is 8.00. The maximum atomic E-state index is 12.3. The van der Waals surface area contributed by atoms with Gasteiger partial charge in [-0.05, 0) is 30.5 Å². The minimum atomic E-state index is -0.0224. The van der Waals surface area contributed by atoms with Crippen LogP contribution in [0.2, 0.25) is 0 Å². The van der Waals surface area contributed by atoms with E-state index in [1.165, 1.54) is 24.1 Å². The summed E-state index contributed by atoms with van der Waals surface area (Å²) >= 11 is 1.68. The van der Waals surface area contributed by atoms with Gasteiger partial charge in [-0.2, -0.15) is 0 Å². The molecule has 1 atom stereocenters. The summed E-state index contributed by atoms with van der Waals surface area (Å²) in [5, 5.41) is 2.87. The SMILES string of the molecule is O=C1NCCN1CCN1C(=O)CSC1c1ccc(N2CCCC2)cc1. The molecule has 25 heavy (non-hydrogen) atoms. The second kappa shape index (κ2) is 7.15. The molecule has 3 fully saturated rings. The Morgan fingerprint density at radius 2 is 1.80 bits per heavy atom. The Morgan fingerprint density at radius 1 is 1.04 bits per heavy atom. The first-order valence-electron chi connectivity index (χ1n) is 9.01. The van der Waals surface area contributed by atoms with E-state index in [2.05, 4.69) is 34.5 Å². The van der Waals surface area contributed by atoms with Gasteiger partial charge in [-0.15, -0.1) is 11.8 Å². The average molecular weight is 360 g/mol. The topological polar surface area (TPSA) is 55.9 Å². The predicted octanol–water partition coefficient (Wildman–Crippen LogP) is 1.89. The van der Waals surface area contributed by atoms with Crippen LogP contribution in [-0.2, 0) is 4.79 Å². The van der Waals surface area contributed by atoms with Crippen LogP contribution in [0.1, 0.15) is 23.8 Å². The van der Waals surface area contributed by atoms with Gasteiger partial charge in [0, 0.05) is 45.0 Å². The number of carbonyl (C=O) groups excluding carboxylic acids is 2. The van der Waals surface area contributed by atoms with E-state index in [1.807, 2.05) is 4.90 Å². The van der Waals surface area contributed by atoms with Gasteiger partial charge in [-0.3, -0.25) is 4.79 Å². The van der Waals surface area contributed by atoms with Crippen LogP contribution in [0.4, 0.5) is 10.5 Å². The van der Waals surface area contributed by atoms with E-state index in [0.717, 1.165) is 19.6 Å². The fraction of sp³-hybridized carbons (Fsp3) is 0.556. The summed E-state index contributed by atoms with van der Waals surface area (Å²) in [6, 6.07) is 8.64. The molecule has 7 heteroatoms. The highest BCUT2D eigenvalue weighted by Gasteiger charge is 2.33. The number of thioether (sulfide) groups is 1. The molecule has 4 rings (SSSR count). The van der Waals surface area contributed by atoms with E-state index in [9.17, 15) is 9.59 Å². The molecule has 0 spiro atoms. The van der Waals surface area contributed by atoms with E-state index < -0.39 is 0 Å². The van der Waals surface area contributed by atoms with Gasteiger partial charge < -0.3 is 20.0 Å². The number of nitrogens with zero attached hydrogens (tertiary/aromatic N) is 3. The molecular formula is C18H24N4O2S. The van der Waals surface area contributed by atoms with Crippen molar-refractivity contribution >= 4 is 29.4 Å². The number of hydrogen-bond acceptors (Lipinski definition) is 4. The summed E-state index contributed by atoms with van der Waals surface area (Å²) in [5.74, 6) is 0.684. The zero-order valence-electron chi connectivity index (χ0n) is 14.3. The molecule has 3 heterocycles. The number of nitrogens with one attached hydrogen (secondary N) is 1. The first-order valence-corrected chi connectivity index (χ1v) is 10.1. The molecule has 0 aromatic heterocycles. The highest BCUT2D eigenvalue weighted by atomic mass is 32.2. The van der Waals surface area contributed by atoms with Gasteiger partial charge in [-0.25, -0.2) is 4.79 Å². The summed E-state index contributed by atoms with van der Waals surface area (Å²) in [4.78, 5) is 30.1. The first kappa shape index (κ1) is 16.6. The maximum Gasteiger partial charge on any atom is 0.317 e. The number of amides is 3. The van der Waals surface area contributed by atoms with Crippen LogP contribution in [0.25, 0.3) is 0 Å². The maximum absolute atomic E-state index is 12.3. The molecule has 1 N–H and O–H groups in total. The first-order chi connectivity index (χ1) is 12.2. The Morgan fingerprint density at radius 3 is 2.48 bits per heavy atom. The monoisotopic (exact) mass is 360 g/mol. The van der Waals surface area contributed by atoms with Crippen molar-refractivity contribution in [2.24, 2.45) is 0 Å². The lowest BCUT2D eigenvalue weighted by Crippen LogP contribution is -2.38. The molecule has 6 nitrogen and oxygen atoms in total. The predicted molar refractivity (Wildman–Crippen MR) is 99.8 cm³/mol. The van der Waals surface area contributed by atoms with E-state index in [1.54, 1.807) is 16.7 Å². The van der Waals surface area contributed by atoms with Gasteiger partial charge >= 0.3 is 6.03 Å². The lowest BCUT2D eigenvalue weighted by molar-refractivity contribution is -0.128. The zero-order chi connectivity index (χ0) is 17.2. The van der Waals surface area contributed by atoms with Gasteiger partial charge in [0.15, 0.2) is 0 Å². The Hall–Kier alpha value is -1.89. The number of rotatable bonds is 5. The van der Waals surface area contributed by atoms with Crippen LogP contribution in [0.5, 0.6) is 0 Å². The number of urea groups is 1. The number of carbonyl (C=O) groups is 2. The van der Waals surface area contributed by atoms with E-state index >= 15 is 0 Å². The van der Waals surface area contributed by atoms with Crippen LogP contribution < -0.4 is 10.2 Å². The second-order valence-corrected chi connectivity index (χ2v) is 7.82. The van der Waals surface area contributed by atoms with Gasteiger partial charge in [-0.1, -0.05) is 12.1 Å². The standard InChI is InChI=1S/C18H24N4O2S/c23-16-13-25-17(22(16)12-11-21-10-7-19-18(21)24)14-3-5-15(6-4-14)20-8-1-2-9-20/h3-6,17H,1-2,7-13H2,(H,19,24). The molecule has 3 saturated heterocycles. The van der Waals surface area contributed by atoms with Crippen LogP contribution in [-0.4, -0.2) is 66.8 Å². The van der Waals surface area contributed by atoms with Crippen molar-refractivity contribution in [3.05, 3.63) is 29.8 Å². The third-order valence-electron chi connectivity index (χ3n) is 5.17. The third kappa shape index (κ3) is 3.42.